The molecule has 4 rings (SSSR count). The predicted octanol–water partition coefficient (Wildman–Crippen LogP) is 1.82. The van der Waals surface area contributed by atoms with E-state index in [4.69, 9.17) is 4.74 Å². The van der Waals surface area contributed by atoms with Crippen molar-refractivity contribution in [2.75, 3.05) is 13.1 Å². The molecule has 1 aliphatic rings. The summed E-state index contributed by atoms with van der Waals surface area (Å²) in [5, 5.41) is 16.6. The molecule has 3 N–H and O–H groups in total. The van der Waals surface area contributed by atoms with Gasteiger partial charge in [0.15, 0.2) is 0 Å². The minimum atomic E-state index is -3.99. The van der Waals surface area contributed by atoms with Gasteiger partial charge in [-0.3, -0.25) is 14.8 Å². The Morgan fingerprint density at radius 3 is 2.58 bits per heavy atom. The number of pyridine rings is 2. The Labute approximate surface area is 221 Å². The van der Waals surface area contributed by atoms with E-state index in [0.29, 0.717) is 17.3 Å². The lowest BCUT2D eigenvalue weighted by atomic mass is 10.0. The van der Waals surface area contributed by atoms with Crippen LogP contribution in [0.25, 0.3) is 10.9 Å². The molecule has 1 saturated heterocycles. The van der Waals surface area contributed by atoms with Crippen molar-refractivity contribution in [2.24, 2.45) is 5.92 Å². The minimum absolute atomic E-state index is 0.0154. The summed E-state index contributed by atoms with van der Waals surface area (Å²) in [7, 11) is -3.99. The highest BCUT2D eigenvalue weighted by molar-refractivity contribution is 7.89. The van der Waals surface area contributed by atoms with Gasteiger partial charge in [-0.25, -0.2) is 13.2 Å². The summed E-state index contributed by atoms with van der Waals surface area (Å²) in [5.74, 6) is -0.467. The molecule has 202 valence electrons. The Hall–Kier alpha value is -3.61. The van der Waals surface area contributed by atoms with Gasteiger partial charge in [0.1, 0.15) is 17.5 Å². The first-order chi connectivity index (χ1) is 18.1. The fourth-order valence-electron chi connectivity index (χ4n) is 4.31. The van der Waals surface area contributed by atoms with Crippen LogP contribution in [0, 0.1) is 5.92 Å². The van der Waals surface area contributed by atoms with Crippen molar-refractivity contribution in [1.82, 2.24) is 24.9 Å². The molecule has 1 aromatic carbocycles. The lowest BCUT2D eigenvalue weighted by Crippen LogP contribution is -2.53. The summed E-state index contributed by atoms with van der Waals surface area (Å²) in [6.07, 6.45) is 3.12. The molecule has 12 heteroatoms. The van der Waals surface area contributed by atoms with Crippen molar-refractivity contribution >= 4 is 32.9 Å². The second-order valence-corrected chi connectivity index (χ2v) is 11.5. The van der Waals surface area contributed by atoms with E-state index in [9.17, 15) is 23.1 Å². The van der Waals surface area contributed by atoms with Crippen LogP contribution in [-0.4, -0.2) is 71.1 Å². The van der Waals surface area contributed by atoms with Crippen LogP contribution in [0.3, 0.4) is 0 Å². The number of hydrogen-bond acceptors (Lipinski definition) is 8. The molecule has 0 aliphatic carbocycles. The van der Waals surface area contributed by atoms with Crippen molar-refractivity contribution in [3.05, 3.63) is 66.6 Å². The Kier molecular flexibility index (Phi) is 8.55. The van der Waals surface area contributed by atoms with Gasteiger partial charge < -0.3 is 20.5 Å². The third-order valence-corrected chi connectivity index (χ3v) is 8.09. The van der Waals surface area contributed by atoms with Crippen molar-refractivity contribution in [2.45, 2.75) is 50.0 Å². The molecule has 1 fully saturated rings. The number of rotatable bonds is 9. The quantitative estimate of drug-likeness (QED) is 0.371. The van der Waals surface area contributed by atoms with Crippen molar-refractivity contribution < 1.29 is 27.9 Å². The third-order valence-electron chi connectivity index (χ3n) is 6.23. The number of carbonyl (C=O) groups excluding carboxylic acids is 2. The number of aromatic nitrogens is 2. The average molecular weight is 542 g/mol. The number of hydrogen-bond donors (Lipinski definition) is 3. The summed E-state index contributed by atoms with van der Waals surface area (Å²) < 4.78 is 33.2. The van der Waals surface area contributed by atoms with E-state index >= 15 is 0 Å². The molecular weight excluding hydrogens is 510 g/mol. The number of benzene rings is 1. The van der Waals surface area contributed by atoms with Crippen LogP contribution in [0.4, 0.5) is 4.79 Å². The molecular formula is C26H31N5O6S. The van der Waals surface area contributed by atoms with Crippen molar-refractivity contribution in [3.63, 3.8) is 0 Å². The van der Waals surface area contributed by atoms with Gasteiger partial charge in [0.25, 0.3) is 0 Å². The first kappa shape index (κ1) is 27.4. The van der Waals surface area contributed by atoms with Crippen LogP contribution in [0.2, 0.25) is 0 Å². The van der Waals surface area contributed by atoms with Crippen LogP contribution in [-0.2, 0) is 26.2 Å². The van der Waals surface area contributed by atoms with Crippen LogP contribution in [0.5, 0.6) is 0 Å². The summed E-state index contributed by atoms with van der Waals surface area (Å²) in [4.78, 5) is 33.7. The monoisotopic (exact) mass is 541 g/mol. The molecule has 2 aromatic heterocycles. The molecule has 3 atom stereocenters. The summed E-state index contributed by atoms with van der Waals surface area (Å²) >= 11 is 0. The highest BCUT2D eigenvalue weighted by Crippen LogP contribution is 2.27. The number of ether oxygens (including phenoxy) is 1. The molecule has 0 spiro atoms. The molecule has 3 aromatic rings. The average Bonchev–Trinajstić information content (AvgIpc) is 3.27. The first-order valence-corrected chi connectivity index (χ1v) is 13.7. The van der Waals surface area contributed by atoms with E-state index < -0.39 is 40.2 Å². The standard InChI is InChI=1S/C26H31N5O6S/c1-17(2)13-20(30-26(34)37-16-18-8-11-27-12-9-18)25(33)29-21-14-31(15-22(21)32)38(35,36)23-7-3-5-19-6-4-10-28-24(19)23/h3-12,17,20-22,32H,13-16H2,1-2H3,(H,29,33)(H,30,34)/t20-,21?,22?/m0/s1. The van der Waals surface area contributed by atoms with Gasteiger partial charge in [-0.05, 0) is 42.2 Å². The van der Waals surface area contributed by atoms with Gasteiger partial charge in [-0.1, -0.05) is 32.0 Å². The van der Waals surface area contributed by atoms with Crippen LogP contribution in [0.15, 0.2) is 66.0 Å². The number of sulfonamides is 1. The SMILES string of the molecule is CC(C)C[C@H](NC(=O)OCc1ccncc1)C(=O)NC1CN(S(=O)(=O)c2cccc3cccnc23)CC1O. The summed E-state index contributed by atoms with van der Waals surface area (Å²) in [6.45, 7) is 3.51. The van der Waals surface area contributed by atoms with Crippen molar-refractivity contribution in [3.8, 4) is 0 Å². The molecule has 2 amide bonds. The van der Waals surface area contributed by atoms with Gasteiger partial charge in [0.2, 0.25) is 15.9 Å². The number of carbonyl (C=O) groups is 2. The molecule has 2 unspecified atom stereocenters. The van der Waals surface area contributed by atoms with Crippen molar-refractivity contribution in [1.29, 1.82) is 0 Å². The Balaban J connectivity index is 1.42. The van der Waals surface area contributed by atoms with E-state index in [2.05, 4.69) is 20.6 Å². The highest BCUT2D eigenvalue weighted by atomic mass is 32.2. The number of β-amino-alcohol motifs (C(OH)–C–C–N with tert-alkyl or cyclic N) is 1. The van der Waals surface area contributed by atoms with Gasteiger partial charge in [0.05, 0.1) is 17.7 Å². The lowest BCUT2D eigenvalue weighted by molar-refractivity contribution is -0.124. The van der Waals surface area contributed by atoms with Gasteiger partial charge in [-0.2, -0.15) is 4.31 Å². The number of fused-ring (bicyclic) bond motifs is 1. The van der Waals surface area contributed by atoms with Crippen LogP contribution >= 0.6 is 0 Å². The highest BCUT2D eigenvalue weighted by Gasteiger charge is 2.40. The number of para-hydroxylation sites is 1. The number of nitrogens with one attached hydrogen (secondary N) is 2. The van der Waals surface area contributed by atoms with Crippen LogP contribution in [0.1, 0.15) is 25.8 Å². The maximum Gasteiger partial charge on any atom is 0.408 e. The summed E-state index contributed by atoms with van der Waals surface area (Å²) in [5.41, 5.74) is 1.08. The Bertz CT molecular complexity index is 1380. The van der Waals surface area contributed by atoms with E-state index in [0.717, 1.165) is 9.87 Å². The minimum Gasteiger partial charge on any atom is -0.445 e. The van der Waals surface area contributed by atoms with Gasteiger partial charge in [0, 0.05) is 37.1 Å². The number of amides is 2. The largest absolute Gasteiger partial charge is 0.445 e. The predicted molar refractivity (Wildman–Crippen MR) is 139 cm³/mol. The zero-order valence-corrected chi connectivity index (χ0v) is 22.0. The topological polar surface area (TPSA) is 151 Å². The van der Waals surface area contributed by atoms with E-state index in [1.165, 1.54) is 12.3 Å². The Morgan fingerprint density at radius 1 is 1.11 bits per heavy atom. The maximum absolute atomic E-state index is 13.4. The molecule has 11 nitrogen and oxygen atoms in total. The smallest absolute Gasteiger partial charge is 0.408 e. The molecule has 3 heterocycles. The fraction of sp³-hybridized carbons (Fsp3) is 0.385. The third kappa shape index (κ3) is 6.44. The number of aliphatic hydroxyl groups is 1. The number of nitrogens with zero attached hydrogens (tertiary/aromatic N) is 3. The van der Waals surface area contributed by atoms with Crippen LogP contribution < -0.4 is 10.6 Å². The number of aliphatic hydroxyl groups excluding tert-OH is 1. The Morgan fingerprint density at radius 2 is 1.84 bits per heavy atom. The van der Waals surface area contributed by atoms with Gasteiger partial charge in [-0.15, -0.1) is 0 Å². The second-order valence-electron chi connectivity index (χ2n) is 9.59. The first-order valence-electron chi connectivity index (χ1n) is 12.3. The summed E-state index contributed by atoms with van der Waals surface area (Å²) in [6, 6.07) is 10.0. The van der Waals surface area contributed by atoms with E-state index in [-0.39, 0.29) is 30.5 Å². The second kappa shape index (κ2) is 11.8. The lowest BCUT2D eigenvalue weighted by Gasteiger charge is -2.23. The zero-order chi connectivity index (χ0) is 27.3. The molecule has 0 radical (unpaired) electrons. The molecule has 38 heavy (non-hydrogen) atoms. The van der Waals surface area contributed by atoms with E-state index in [1.807, 2.05) is 13.8 Å². The molecule has 0 bridgehead atoms. The molecule has 0 saturated carbocycles. The normalized spacial score (nSPS) is 18.8. The maximum atomic E-state index is 13.4. The zero-order valence-electron chi connectivity index (χ0n) is 21.1. The van der Waals surface area contributed by atoms with Gasteiger partial charge >= 0.3 is 6.09 Å². The number of alkyl carbamates (subject to hydrolysis) is 1. The van der Waals surface area contributed by atoms with E-state index in [1.54, 1.807) is 48.8 Å². The fourth-order valence-corrected chi connectivity index (χ4v) is 5.96. The molecule has 1 aliphatic heterocycles.